The molecule has 5 nitrogen and oxygen atoms in total. The summed E-state index contributed by atoms with van der Waals surface area (Å²) in [6, 6.07) is 12.1. The van der Waals surface area contributed by atoms with E-state index in [0.29, 0.717) is 44.0 Å². The van der Waals surface area contributed by atoms with Gasteiger partial charge in [0.25, 0.3) is 5.91 Å². The molecule has 31 heavy (non-hydrogen) atoms. The van der Waals surface area contributed by atoms with Gasteiger partial charge in [0.15, 0.2) is 0 Å². The maximum absolute atomic E-state index is 13.3. The third-order valence-electron chi connectivity index (χ3n) is 5.56. The second kappa shape index (κ2) is 8.79. The monoisotopic (exact) mass is 422 g/mol. The molecule has 4 rings (SSSR count). The van der Waals surface area contributed by atoms with E-state index < -0.39 is 0 Å². The number of piperazine rings is 1. The van der Waals surface area contributed by atoms with Crippen LogP contribution in [0.5, 0.6) is 0 Å². The summed E-state index contributed by atoms with van der Waals surface area (Å²) in [5.41, 5.74) is 3.39. The molecule has 0 unspecified atom stereocenters. The highest BCUT2D eigenvalue weighted by atomic mass is 19.1. The van der Waals surface area contributed by atoms with Gasteiger partial charge in [0.1, 0.15) is 23.3 Å². The van der Waals surface area contributed by atoms with Crippen LogP contribution in [-0.4, -0.2) is 47.0 Å². The number of carbonyl (C=O) groups is 1. The molecule has 0 spiro atoms. The number of carbonyl (C=O) groups excluding carboxylic acids is 1. The standard InChI is InChI=1S/C24H24F2N4O/c1-16-22(15-18-3-7-20(25)8-4-18)23(28-17(2)27-16)29-11-13-30(14-12-29)24(31)19-5-9-21(26)10-6-19/h3-10H,11-15H2,1-2H3. The van der Waals surface area contributed by atoms with Gasteiger partial charge >= 0.3 is 0 Å². The van der Waals surface area contributed by atoms with Crippen molar-refractivity contribution in [3.8, 4) is 0 Å². The number of halogens is 2. The Balaban J connectivity index is 1.51. The summed E-state index contributed by atoms with van der Waals surface area (Å²) < 4.78 is 26.4. The van der Waals surface area contributed by atoms with E-state index in [9.17, 15) is 13.6 Å². The predicted octanol–water partition coefficient (Wildman–Crippen LogP) is 3.92. The summed E-state index contributed by atoms with van der Waals surface area (Å²) in [4.78, 5) is 25.9. The van der Waals surface area contributed by atoms with Gasteiger partial charge in [-0.15, -0.1) is 0 Å². The average molecular weight is 422 g/mol. The minimum absolute atomic E-state index is 0.0961. The van der Waals surface area contributed by atoms with Gasteiger partial charge in [-0.05, 0) is 55.8 Å². The minimum Gasteiger partial charge on any atom is -0.353 e. The van der Waals surface area contributed by atoms with E-state index in [0.717, 1.165) is 22.6 Å². The lowest BCUT2D eigenvalue weighted by molar-refractivity contribution is 0.0746. The number of benzene rings is 2. The molecule has 0 atom stereocenters. The van der Waals surface area contributed by atoms with Gasteiger partial charge in [-0.3, -0.25) is 4.79 Å². The molecule has 1 aliphatic heterocycles. The third-order valence-corrected chi connectivity index (χ3v) is 5.56. The van der Waals surface area contributed by atoms with Gasteiger partial charge in [-0.25, -0.2) is 18.7 Å². The fourth-order valence-corrected chi connectivity index (χ4v) is 3.89. The van der Waals surface area contributed by atoms with Crippen molar-refractivity contribution in [2.45, 2.75) is 20.3 Å². The van der Waals surface area contributed by atoms with Gasteiger partial charge in [0.05, 0.1) is 0 Å². The minimum atomic E-state index is -0.357. The number of rotatable bonds is 4. The lowest BCUT2D eigenvalue weighted by atomic mass is 10.0. The quantitative estimate of drug-likeness (QED) is 0.639. The Morgan fingerprint density at radius 1 is 0.871 bits per heavy atom. The first kappa shape index (κ1) is 20.9. The van der Waals surface area contributed by atoms with Gasteiger partial charge < -0.3 is 9.80 Å². The van der Waals surface area contributed by atoms with Crippen molar-refractivity contribution in [1.82, 2.24) is 14.9 Å². The molecule has 0 N–H and O–H groups in total. The van der Waals surface area contributed by atoms with Gasteiger partial charge in [0, 0.05) is 49.4 Å². The number of amides is 1. The van der Waals surface area contributed by atoms with E-state index in [1.54, 1.807) is 17.0 Å². The smallest absolute Gasteiger partial charge is 0.253 e. The Hall–Kier alpha value is -3.35. The highest BCUT2D eigenvalue weighted by molar-refractivity contribution is 5.94. The first-order chi connectivity index (χ1) is 14.9. The van der Waals surface area contributed by atoms with Crippen LogP contribution in [0.4, 0.5) is 14.6 Å². The molecule has 1 aliphatic rings. The lowest BCUT2D eigenvalue weighted by Crippen LogP contribution is -2.49. The highest BCUT2D eigenvalue weighted by Gasteiger charge is 2.25. The van der Waals surface area contributed by atoms with Gasteiger partial charge in [-0.2, -0.15) is 0 Å². The van der Waals surface area contributed by atoms with Crippen LogP contribution >= 0.6 is 0 Å². The van der Waals surface area contributed by atoms with Crippen LogP contribution in [0.2, 0.25) is 0 Å². The maximum Gasteiger partial charge on any atom is 0.253 e. The molecule has 1 aromatic heterocycles. The van der Waals surface area contributed by atoms with E-state index in [2.05, 4.69) is 9.88 Å². The Morgan fingerprint density at radius 2 is 1.45 bits per heavy atom. The zero-order chi connectivity index (χ0) is 22.0. The van der Waals surface area contributed by atoms with E-state index >= 15 is 0 Å². The molecule has 160 valence electrons. The van der Waals surface area contributed by atoms with Crippen LogP contribution in [0.25, 0.3) is 0 Å². The normalized spacial score (nSPS) is 14.1. The Kier molecular flexibility index (Phi) is 5.93. The highest BCUT2D eigenvalue weighted by Crippen LogP contribution is 2.25. The third kappa shape index (κ3) is 4.71. The summed E-state index contributed by atoms with van der Waals surface area (Å²) in [5.74, 6) is 0.844. The topological polar surface area (TPSA) is 49.3 Å². The zero-order valence-electron chi connectivity index (χ0n) is 17.6. The van der Waals surface area contributed by atoms with Gasteiger partial charge in [-0.1, -0.05) is 12.1 Å². The van der Waals surface area contributed by atoms with E-state index in [1.807, 2.05) is 13.8 Å². The largest absolute Gasteiger partial charge is 0.353 e. The van der Waals surface area contributed by atoms with Crippen LogP contribution in [0.15, 0.2) is 48.5 Å². The molecule has 3 aromatic rings. The van der Waals surface area contributed by atoms with Crippen molar-refractivity contribution in [3.63, 3.8) is 0 Å². The van der Waals surface area contributed by atoms with Crippen LogP contribution in [0, 0.1) is 25.5 Å². The molecule has 0 saturated carbocycles. The average Bonchev–Trinajstić information content (AvgIpc) is 2.77. The summed E-state index contributed by atoms with van der Waals surface area (Å²) >= 11 is 0. The molecule has 0 radical (unpaired) electrons. The number of nitrogens with zero attached hydrogens (tertiary/aromatic N) is 4. The molecule has 7 heteroatoms. The van der Waals surface area contributed by atoms with Crippen molar-refractivity contribution in [2.24, 2.45) is 0 Å². The number of aromatic nitrogens is 2. The Morgan fingerprint density at radius 3 is 2.06 bits per heavy atom. The zero-order valence-corrected chi connectivity index (χ0v) is 17.6. The van der Waals surface area contributed by atoms with Crippen molar-refractivity contribution >= 4 is 11.7 Å². The van der Waals surface area contributed by atoms with Gasteiger partial charge in [0.2, 0.25) is 0 Å². The molecule has 1 fully saturated rings. The summed E-state index contributed by atoms with van der Waals surface area (Å²) in [5, 5.41) is 0. The molecule has 0 bridgehead atoms. The van der Waals surface area contributed by atoms with Crippen molar-refractivity contribution < 1.29 is 13.6 Å². The number of aryl methyl sites for hydroxylation is 2. The summed E-state index contributed by atoms with van der Waals surface area (Å²) in [7, 11) is 0. The second-order valence-corrected chi connectivity index (χ2v) is 7.75. The molecule has 2 heterocycles. The fourth-order valence-electron chi connectivity index (χ4n) is 3.89. The first-order valence-corrected chi connectivity index (χ1v) is 10.3. The number of hydrogen-bond acceptors (Lipinski definition) is 4. The molecule has 1 amide bonds. The van der Waals surface area contributed by atoms with Crippen LogP contribution in [0.1, 0.15) is 33.0 Å². The fraction of sp³-hybridized carbons (Fsp3) is 0.292. The Labute approximate surface area is 180 Å². The first-order valence-electron chi connectivity index (χ1n) is 10.3. The number of anilines is 1. The SMILES string of the molecule is Cc1nc(C)c(Cc2ccc(F)cc2)c(N2CCN(C(=O)c3ccc(F)cc3)CC2)n1. The molecule has 2 aromatic carbocycles. The molecule has 0 aliphatic carbocycles. The predicted molar refractivity (Wildman–Crippen MR) is 115 cm³/mol. The molecular weight excluding hydrogens is 398 g/mol. The number of hydrogen-bond donors (Lipinski definition) is 0. The second-order valence-electron chi connectivity index (χ2n) is 7.75. The van der Waals surface area contributed by atoms with Crippen LogP contribution in [0.3, 0.4) is 0 Å². The lowest BCUT2D eigenvalue weighted by Gasteiger charge is -2.36. The Bertz CT molecular complexity index is 1080. The van der Waals surface area contributed by atoms with Crippen LogP contribution < -0.4 is 4.90 Å². The van der Waals surface area contributed by atoms with E-state index in [-0.39, 0.29) is 17.5 Å². The van der Waals surface area contributed by atoms with Crippen molar-refractivity contribution in [1.29, 1.82) is 0 Å². The van der Waals surface area contributed by atoms with Crippen molar-refractivity contribution in [3.05, 3.63) is 88.4 Å². The summed E-state index contributed by atoms with van der Waals surface area (Å²) in [6.45, 7) is 6.21. The van der Waals surface area contributed by atoms with Crippen LogP contribution in [-0.2, 0) is 6.42 Å². The van der Waals surface area contributed by atoms with Crippen molar-refractivity contribution in [2.75, 3.05) is 31.1 Å². The van der Waals surface area contributed by atoms with E-state index in [1.165, 1.54) is 36.4 Å². The summed E-state index contributed by atoms with van der Waals surface area (Å²) in [6.07, 6.45) is 0.608. The molecule has 1 saturated heterocycles. The van der Waals surface area contributed by atoms with E-state index in [4.69, 9.17) is 4.98 Å². The molecular formula is C24H24F2N4O. The maximum atomic E-state index is 13.3.